The molecule has 0 aliphatic carbocycles. The molecular weight excluding hydrogens is 456 g/mol. The third-order valence-electron chi connectivity index (χ3n) is 4.78. The van der Waals surface area contributed by atoms with Gasteiger partial charge in [0.25, 0.3) is 10.0 Å². The first-order valence-electron chi connectivity index (χ1n) is 10.3. The molecule has 2 amide bonds. The lowest BCUT2D eigenvalue weighted by molar-refractivity contribution is 0.262. The summed E-state index contributed by atoms with van der Waals surface area (Å²) in [5.41, 5.74) is 3.44. The number of carbonyl (C=O) groups is 1. The molecule has 0 fully saturated rings. The Kier molecular flexibility index (Phi) is 6.28. The molecule has 174 valence electrons. The van der Waals surface area contributed by atoms with E-state index in [1.54, 1.807) is 26.8 Å². The lowest BCUT2D eigenvalue weighted by Crippen LogP contribution is -2.20. The van der Waals surface area contributed by atoms with Crippen LogP contribution in [-0.2, 0) is 10.0 Å². The van der Waals surface area contributed by atoms with E-state index in [-0.39, 0.29) is 10.8 Å². The number of aryl methyl sites for hydroxylation is 3. The molecular formula is C23H22N6O4S. The Labute approximate surface area is 196 Å². The van der Waals surface area contributed by atoms with Crippen LogP contribution in [0.2, 0.25) is 0 Å². The van der Waals surface area contributed by atoms with Gasteiger partial charge in [-0.15, -0.1) is 0 Å². The fraction of sp³-hybridized carbons (Fsp3) is 0.130. The quantitative estimate of drug-likeness (QED) is 0.371. The Balaban J connectivity index is 1.45. The summed E-state index contributed by atoms with van der Waals surface area (Å²) in [7, 11) is -3.90. The van der Waals surface area contributed by atoms with Crippen LogP contribution >= 0.6 is 0 Å². The minimum atomic E-state index is -3.90. The lowest BCUT2D eigenvalue weighted by Gasteiger charge is -2.10. The molecule has 0 saturated carbocycles. The molecule has 4 rings (SSSR count). The zero-order chi connectivity index (χ0) is 24.3. The number of hydrogen-bond donors (Lipinski definition) is 3. The van der Waals surface area contributed by atoms with E-state index in [4.69, 9.17) is 4.52 Å². The van der Waals surface area contributed by atoms with Gasteiger partial charge in [0.05, 0.1) is 4.90 Å². The second-order valence-electron chi connectivity index (χ2n) is 7.51. The monoisotopic (exact) mass is 478 g/mol. The predicted molar refractivity (Wildman–Crippen MR) is 128 cm³/mol. The molecule has 11 heteroatoms. The maximum Gasteiger partial charge on any atom is 0.323 e. The number of urea groups is 1. The summed E-state index contributed by atoms with van der Waals surface area (Å²) in [6, 6.07) is 16.2. The molecule has 0 atom stereocenters. The van der Waals surface area contributed by atoms with Crippen LogP contribution in [0.25, 0.3) is 11.3 Å². The summed E-state index contributed by atoms with van der Waals surface area (Å²) in [6.45, 7) is 5.20. The average molecular weight is 479 g/mol. The smallest absolute Gasteiger partial charge is 0.323 e. The second-order valence-corrected chi connectivity index (χ2v) is 9.19. The maximum absolute atomic E-state index is 12.7. The highest BCUT2D eigenvalue weighted by Crippen LogP contribution is 2.30. The minimum absolute atomic E-state index is 0.00228. The number of sulfonamides is 1. The topological polar surface area (TPSA) is 139 Å². The summed E-state index contributed by atoms with van der Waals surface area (Å²) in [4.78, 5) is 20.8. The van der Waals surface area contributed by atoms with E-state index < -0.39 is 16.1 Å². The van der Waals surface area contributed by atoms with E-state index in [1.807, 2.05) is 30.3 Å². The van der Waals surface area contributed by atoms with Crippen molar-refractivity contribution in [2.24, 2.45) is 0 Å². The van der Waals surface area contributed by atoms with Crippen molar-refractivity contribution in [1.82, 2.24) is 15.1 Å². The number of aromatic nitrogens is 3. The normalized spacial score (nSPS) is 11.1. The summed E-state index contributed by atoms with van der Waals surface area (Å²) in [5.74, 6) is 0.451. The first-order chi connectivity index (χ1) is 16.2. The lowest BCUT2D eigenvalue weighted by atomic mass is 10.1. The van der Waals surface area contributed by atoms with Gasteiger partial charge in [-0.05, 0) is 51.1 Å². The third kappa shape index (κ3) is 5.21. The Morgan fingerprint density at radius 1 is 0.882 bits per heavy atom. The number of amides is 2. The fourth-order valence-electron chi connectivity index (χ4n) is 3.26. The fourth-order valence-corrected chi connectivity index (χ4v) is 4.20. The van der Waals surface area contributed by atoms with Crippen molar-refractivity contribution in [2.45, 2.75) is 25.7 Å². The zero-order valence-electron chi connectivity index (χ0n) is 18.7. The summed E-state index contributed by atoms with van der Waals surface area (Å²) in [5, 5.41) is 9.44. The molecule has 0 radical (unpaired) electrons. The number of hydrogen-bond acceptors (Lipinski definition) is 7. The molecule has 4 aromatic rings. The van der Waals surface area contributed by atoms with Gasteiger partial charge in [0.2, 0.25) is 5.95 Å². The van der Waals surface area contributed by atoms with Crippen LogP contribution in [0.1, 0.15) is 17.1 Å². The average Bonchev–Trinajstić information content (AvgIpc) is 3.13. The van der Waals surface area contributed by atoms with E-state index in [1.165, 1.54) is 24.3 Å². The molecule has 0 bridgehead atoms. The van der Waals surface area contributed by atoms with Crippen LogP contribution in [0, 0.1) is 20.8 Å². The van der Waals surface area contributed by atoms with Crippen molar-refractivity contribution in [1.29, 1.82) is 0 Å². The van der Waals surface area contributed by atoms with Crippen LogP contribution < -0.4 is 15.4 Å². The van der Waals surface area contributed by atoms with Gasteiger partial charge in [0, 0.05) is 22.6 Å². The molecule has 0 saturated heterocycles. The first-order valence-corrected chi connectivity index (χ1v) is 11.7. The van der Waals surface area contributed by atoms with Crippen molar-refractivity contribution in [2.75, 3.05) is 15.4 Å². The molecule has 3 N–H and O–H groups in total. The van der Waals surface area contributed by atoms with Crippen molar-refractivity contribution in [3.05, 3.63) is 77.8 Å². The first kappa shape index (κ1) is 22.9. The van der Waals surface area contributed by atoms with Gasteiger partial charge < -0.3 is 15.2 Å². The molecule has 0 aliphatic rings. The Bertz CT molecular complexity index is 1410. The molecule has 2 aromatic heterocycles. The number of benzene rings is 2. The highest BCUT2D eigenvalue weighted by Gasteiger charge is 2.18. The van der Waals surface area contributed by atoms with Crippen LogP contribution in [0.15, 0.2) is 70.1 Å². The van der Waals surface area contributed by atoms with Gasteiger partial charge in [-0.2, -0.15) is 0 Å². The summed E-state index contributed by atoms with van der Waals surface area (Å²) in [6.07, 6.45) is 0. The third-order valence-corrected chi connectivity index (χ3v) is 6.12. The van der Waals surface area contributed by atoms with Crippen LogP contribution in [0.4, 0.5) is 22.1 Å². The van der Waals surface area contributed by atoms with Gasteiger partial charge in [-0.1, -0.05) is 35.5 Å². The van der Waals surface area contributed by atoms with E-state index in [0.717, 1.165) is 5.56 Å². The molecule has 2 aromatic carbocycles. The van der Waals surface area contributed by atoms with Crippen LogP contribution in [-0.4, -0.2) is 29.6 Å². The van der Waals surface area contributed by atoms with Crippen molar-refractivity contribution in [3.63, 3.8) is 0 Å². The van der Waals surface area contributed by atoms with E-state index in [9.17, 15) is 13.2 Å². The highest BCUT2D eigenvalue weighted by atomic mass is 32.2. The predicted octanol–water partition coefficient (Wildman–Crippen LogP) is 4.50. The zero-order valence-corrected chi connectivity index (χ0v) is 19.5. The largest absolute Gasteiger partial charge is 0.359 e. The summed E-state index contributed by atoms with van der Waals surface area (Å²) >= 11 is 0. The van der Waals surface area contributed by atoms with Gasteiger partial charge in [0.1, 0.15) is 11.4 Å². The van der Waals surface area contributed by atoms with Gasteiger partial charge in [0.15, 0.2) is 5.76 Å². The van der Waals surface area contributed by atoms with E-state index in [2.05, 4.69) is 30.5 Å². The maximum atomic E-state index is 12.7. The number of anilines is 3. The number of rotatable bonds is 6. The molecule has 2 heterocycles. The molecule has 0 aliphatic heterocycles. The number of nitrogens with zero attached hydrogens (tertiary/aromatic N) is 3. The van der Waals surface area contributed by atoms with Crippen molar-refractivity contribution >= 4 is 33.4 Å². The van der Waals surface area contributed by atoms with Gasteiger partial charge in [-0.25, -0.2) is 27.9 Å². The standard InChI is InChI=1S/C23H22N6O4S/c1-14-13-15(2)25-22(24-14)29-34(31,32)19-11-9-18(10-12-19)26-23(30)27-20-16(3)33-28-21(20)17-7-5-4-6-8-17/h4-13H,1-3H3,(H,24,25,29)(H2,26,27,30). The van der Waals surface area contributed by atoms with Crippen molar-refractivity contribution < 1.29 is 17.7 Å². The van der Waals surface area contributed by atoms with E-state index >= 15 is 0 Å². The molecule has 0 spiro atoms. The van der Waals surface area contributed by atoms with Crippen LogP contribution in [0.3, 0.4) is 0 Å². The Morgan fingerprint density at radius 3 is 2.18 bits per heavy atom. The van der Waals surface area contributed by atoms with Gasteiger partial charge >= 0.3 is 6.03 Å². The highest BCUT2D eigenvalue weighted by molar-refractivity contribution is 7.92. The minimum Gasteiger partial charge on any atom is -0.359 e. The molecule has 10 nitrogen and oxygen atoms in total. The van der Waals surface area contributed by atoms with Gasteiger partial charge in [-0.3, -0.25) is 0 Å². The molecule has 34 heavy (non-hydrogen) atoms. The van der Waals surface area contributed by atoms with E-state index in [0.29, 0.717) is 34.2 Å². The van der Waals surface area contributed by atoms with Crippen molar-refractivity contribution in [3.8, 4) is 11.3 Å². The molecule has 0 unspecified atom stereocenters. The number of carbonyl (C=O) groups excluding carboxylic acids is 1. The Hall–Kier alpha value is -4.25. The summed E-state index contributed by atoms with van der Waals surface area (Å²) < 4.78 is 33.0. The SMILES string of the molecule is Cc1cc(C)nc(NS(=O)(=O)c2ccc(NC(=O)Nc3c(-c4ccccc4)noc3C)cc2)n1. The number of nitrogens with one attached hydrogen (secondary N) is 3. The Morgan fingerprint density at radius 2 is 1.53 bits per heavy atom. The second kappa shape index (κ2) is 9.32. The van der Waals surface area contributed by atoms with Crippen LogP contribution in [0.5, 0.6) is 0 Å².